The Morgan fingerprint density at radius 3 is 2.73 bits per heavy atom. The van der Waals surface area contributed by atoms with E-state index in [4.69, 9.17) is 5.26 Å². The normalized spacial score (nSPS) is 39.0. The Bertz CT molecular complexity index is 206. The lowest BCUT2D eigenvalue weighted by Gasteiger charge is -2.54. The number of rotatable bonds is 1. The fourth-order valence-corrected chi connectivity index (χ4v) is 2.40. The average Bonchev–Trinajstić information content (AvgIpc) is 2.04. The molecule has 2 atom stereocenters. The standard InChI is InChI=1S/C9H14O2/c1-9(2)6-3-4-8(11-10)7(9)5-6/h4,6-7,10H,3,5H2,1-2H3/t6-,7-/m0/s1. The van der Waals surface area contributed by atoms with Crippen LogP contribution in [0.25, 0.3) is 0 Å². The zero-order chi connectivity index (χ0) is 8.06. The topological polar surface area (TPSA) is 29.5 Å². The second-order valence-corrected chi connectivity index (χ2v) is 4.24. The zero-order valence-corrected chi connectivity index (χ0v) is 7.00. The van der Waals surface area contributed by atoms with Crippen LogP contribution in [0.5, 0.6) is 0 Å². The van der Waals surface area contributed by atoms with Gasteiger partial charge in [0, 0.05) is 5.92 Å². The molecule has 3 aliphatic rings. The highest BCUT2D eigenvalue weighted by molar-refractivity contribution is 5.18. The molecule has 3 aliphatic carbocycles. The number of fused-ring (bicyclic) bond motifs is 1. The van der Waals surface area contributed by atoms with Crippen LogP contribution in [-0.4, -0.2) is 5.26 Å². The summed E-state index contributed by atoms with van der Waals surface area (Å²) in [5, 5.41) is 8.55. The van der Waals surface area contributed by atoms with Crippen LogP contribution in [-0.2, 0) is 4.89 Å². The Morgan fingerprint density at radius 1 is 1.64 bits per heavy atom. The van der Waals surface area contributed by atoms with Crippen molar-refractivity contribution in [3.8, 4) is 0 Å². The van der Waals surface area contributed by atoms with E-state index >= 15 is 0 Å². The molecule has 0 saturated heterocycles. The molecule has 0 aliphatic heterocycles. The molecule has 2 heteroatoms. The Kier molecular flexibility index (Phi) is 1.31. The molecule has 1 fully saturated rings. The zero-order valence-electron chi connectivity index (χ0n) is 7.00. The molecule has 0 spiro atoms. The van der Waals surface area contributed by atoms with E-state index in [9.17, 15) is 0 Å². The van der Waals surface area contributed by atoms with E-state index in [1.165, 1.54) is 6.42 Å². The van der Waals surface area contributed by atoms with Crippen molar-refractivity contribution in [3.05, 3.63) is 11.8 Å². The third kappa shape index (κ3) is 0.761. The molecule has 0 heterocycles. The Balaban J connectivity index is 2.23. The predicted molar refractivity (Wildman–Crippen MR) is 41.8 cm³/mol. The molecule has 11 heavy (non-hydrogen) atoms. The van der Waals surface area contributed by atoms with Gasteiger partial charge in [-0.1, -0.05) is 13.8 Å². The van der Waals surface area contributed by atoms with Gasteiger partial charge in [-0.25, -0.2) is 5.26 Å². The summed E-state index contributed by atoms with van der Waals surface area (Å²) in [5.41, 5.74) is 0.354. The number of hydrogen-bond acceptors (Lipinski definition) is 2. The van der Waals surface area contributed by atoms with Gasteiger partial charge < -0.3 is 4.89 Å². The molecule has 1 N–H and O–H groups in total. The second-order valence-electron chi connectivity index (χ2n) is 4.24. The molecule has 0 aromatic carbocycles. The fourth-order valence-electron chi connectivity index (χ4n) is 2.40. The quantitative estimate of drug-likeness (QED) is 0.464. The van der Waals surface area contributed by atoms with Crippen LogP contribution in [0.4, 0.5) is 0 Å². The molecule has 62 valence electrons. The smallest absolute Gasteiger partial charge is 0.141 e. The first kappa shape index (κ1) is 7.17. The summed E-state index contributed by atoms with van der Waals surface area (Å²) in [6.07, 6.45) is 4.28. The lowest BCUT2D eigenvalue weighted by atomic mass is 9.50. The molecule has 3 rings (SSSR count). The number of hydrogen-bond donors (Lipinski definition) is 1. The molecule has 1 saturated carbocycles. The van der Waals surface area contributed by atoms with Gasteiger partial charge in [-0.3, -0.25) is 0 Å². The van der Waals surface area contributed by atoms with Crippen LogP contribution >= 0.6 is 0 Å². The molecule has 0 unspecified atom stereocenters. The highest BCUT2D eigenvalue weighted by Gasteiger charge is 2.52. The van der Waals surface area contributed by atoms with Crippen molar-refractivity contribution in [2.75, 3.05) is 0 Å². The third-order valence-electron chi connectivity index (χ3n) is 3.52. The van der Waals surface area contributed by atoms with Crippen molar-refractivity contribution in [3.63, 3.8) is 0 Å². The van der Waals surface area contributed by atoms with Crippen LogP contribution in [0.1, 0.15) is 26.7 Å². The monoisotopic (exact) mass is 154 g/mol. The van der Waals surface area contributed by atoms with Crippen molar-refractivity contribution in [1.82, 2.24) is 0 Å². The molecule has 0 amide bonds. The second kappa shape index (κ2) is 2.01. The van der Waals surface area contributed by atoms with Crippen LogP contribution < -0.4 is 0 Å². The summed E-state index contributed by atoms with van der Waals surface area (Å²) in [6.45, 7) is 4.50. The summed E-state index contributed by atoms with van der Waals surface area (Å²) >= 11 is 0. The Morgan fingerprint density at radius 2 is 2.36 bits per heavy atom. The molecule has 2 bridgehead atoms. The van der Waals surface area contributed by atoms with E-state index in [2.05, 4.69) is 18.7 Å². The molecule has 0 radical (unpaired) electrons. The van der Waals surface area contributed by atoms with Gasteiger partial charge >= 0.3 is 0 Å². The van der Waals surface area contributed by atoms with Crippen LogP contribution in [0.2, 0.25) is 0 Å². The van der Waals surface area contributed by atoms with Crippen molar-refractivity contribution >= 4 is 0 Å². The molecular weight excluding hydrogens is 140 g/mol. The SMILES string of the molecule is CC1(C)[C@H]2CC=C(OO)[C@@H]1C2. The first-order chi connectivity index (χ1) is 5.16. The lowest BCUT2D eigenvalue weighted by molar-refractivity contribution is -0.232. The van der Waals surface area contributed by atoms with Gasteiger partial charge in [0.15, 0.2) is 0 Å². The molecule has 0 aromatic rings. The average molecular weight is 154 g/mol. The van der Waals surface area contributed by atoms with Crippen LogP contribution in [0, 0.1) is 17.3 Å². The van der Waals surface area contributed by atoms with Gasteiger partial charge in [0.05, 0.1) is 0 Å². The summed E-state index contributed by atoms with van der Waals surface area (Å²) in [4.78, 5) is 4.34. The first-order valence-corrected chi connectivity index (χ1v) is 4.17. The minimum Gasteiger partial charge on any atom is -0.345 e. The van der Waals surface area contributed by atoms with Gasteiger partial charge in [-0.15, -0.1) is 0 Å². The first-order valence-electron chi connectivity index (χ1n) is 4.17. The summed E-state index contributed by atoms with van der Waals surface area (Å²) in [6, 6.07) is 0. The van der Waals surface area contributed by atoms with E-state index in [1.807, 2.05) is 6.08 Å². The fraction of sp³-hybridized carbons (Fsp3) is 0.778. The summed E-state index contributed by atoms with van der Waals surface area (Å²) < 4.78 is 0. The highest BCUT2D eigenvalue weighted by Crippen LogP contribution is 2.59. The minimum atomic E-state index is 0.354. The summed E-state index contributed by atoms with van der Waals surface area (Å²) in [7, 11) is 0. The van der Waals surface area contributed by atoms with Gasteiger partial charge in [0.25, 0.3) is 0 Å². The summed E-state index contributed by atoms with van der Waals surface area (Å²) in [5.74, 6) is 2.06. The van der Waals surface area contributed by atoms with Crippen molar-refractivity contribution < 1.29 is 10.1 Å². The predicted octanol–water partition coefficient (Wildman–Crippen LogP) is 2.43. The van der Waals surface area contributed by atoms with Crippen molar-refractivity contribution in [2.45, 2.75) is 26.7 Å². The molecule has 0 aromatic heterocycles. The largest absolute Gasteiger partial charge is 0.345 e. The van der Waals surface area contributed by atoms with E-state index < -0.39 is 0 Å². The van der Waals surface area contributed by atoms with E-state index in [-0.39, 0.29) is 0 Å². The van der Waals surface area contributed by atoms with E-state index in [0.29, 0.717) is 11.3 Å². The van der Waals surface area contributed by atoms with E-state index in [1.54, 1.807) is 0 Å². The van der Waals surface area contributed by atoms with Gasteiger partial charge in [0.2, 0.25) is 0 Å². The van der Waals surface area contributed by atoms with Crippen molar-refractivity contribution in [1.29, 1.82) is 0 Å². The maximum Gasteiger partial charge on any atom is 0.141 e. The maximum absolute atomic E-state index is 8.55. The molecule has 2 nitrogen and oxygen atoms in total. The van der Waals surface area contributed by atoms with Crippen LogP contribution in [0.3, 0.4) is 0 Å². The van der Waals surface area contributed by atoms with Gasteiger partial charge in [0.1, 0.15) is 5.76 Å². The van der Waals surface area contributed by atoms with Gasteiger partial charge in [-0.2, -0.15) is 0 Å². The maximum atomic E-state index is 8.55. The molecular formula is C9H14O2. The van der Waals surface area contributed by atoms with Gasteiger partial charge in [-0.05, 0) is 30.3 Å². The van der Waals surface area contributed by atoms with E-state index in [0.717, 1.165) is 18.1 Å². The Labute approximate surface area is 66.8 Å². The third-order valence-corrected chi connectivity index (χ3v) is 3.52. The van der Waals surface area contributed by atoms with Crippen LogP contribution in [0.15, 0.2) is 11.8 Å². The highest BCUT2D eigenvalue weighted by atomic mass is 17.1. The lowest BCUT2D eigenvalue weighted by Crippen LogP contribution is -2.48. The minimum absolute atomic E-state index is 0.354. The van der Waals surface area contributed by atoms with Crippen molar-refractivity contribution in [2.24, 2.45) is 17.3 Å². The number of allylic oxidation sites excluding steroid dienone is 2. The Hall–Kier alpha value is -0.500.